The van der Waals surface area contributed by atoms with E-state index in [1.54, 1.807) is 16.7 Å². The van der Waals surface area contributed by atoms with Crippen molar-refractivity contribution in [3.8, 4) is 0 Å². The summed E-state index contributed by atoms with van der Waals surface area (Å²) in [7, 11) is 0. The minimum absolute atomic E-state index is 0.0306. The fourth-order valence-corrected chi connectivity index (χ4v) is 8.70. The SMILES string of the molecule is Brc1ccc2c(c1)COC2.CC(C)(C)OC(=O)N1CCC(C(O)(c2ccc3c(c2)COC3)c2ccc3c(c2)COC3)CC1.CCOC(=O)C1CCN(C(=O)OC(C)(C)C)CC1. The highest BCUT2D eigenvalue weighted by molar-refractivity contribution is 9.10. The van der Waals surface area contributed by atoms with Gasteiger partial charge in [-0.1, -0.05) is 46.3 Å². The second kappa shape index (κ2) is 20.0. The maximum Gasteiger partial charge on any atom is 0.410 e. The van der Waals surface area contributed by atoms with Gasteiger partial charge in [0.1, 0.15) is 16.8 Å². The molecule has 0 atom stereocenters. The Morgan fingerprint density at radius 1 is 0.623 bits per heavy atom. The number of esters is 1. The zero-order valence-electron chi connectivity index (χ0n) is 36.9. The number of hydrogen-bond acceptors (Lipinski definition) is 10. The van der Waals surface area contributed by atoms with Gasteiger partial charge in [-0.05, 0) is 149 Å². The Hall–Kier alpha value is -4.01. The van der Waals surface area contributed by atoms with Crippen LogP contribution in [0.2, 0.25) is 0 Å². The average molecular weight is 908 g/mol. The number of halogens is 1. The lowest BCUT2D eigenvalue weighted by molar-refractivity contribution is -0.149. The van der Waals surface area contributed by atoms with Gasteiger partial charge >= 0.3 is 18.2 Å². The summed E-state index contributed by atoms with van der Waals surface area (Å²) >= 11 is 3.41. The van der Waals surface area contributed by atoms with Crippen molar-refractivity contribution in [2.75, 3.05) is 32.8 Å². The Morgan fingerprint density at radius 2 is 1.02 bits per heavy atom. The van der Waals surface area contributed by atoms with Crippen molar-refractivity contribution in [1.29, 1.82) is 0 Å². The number of amides is 2. The topological polar surface area (TPSA) is 133 Å². The lowest BCUT2D eigenvalue weighted by Gasteiger charge is -2.42. The van der Waals surface area contributed by atoms with Gasteiger partial charge in [0.25, 0.3) is 0 Å². The van der Waals surface area contributed by atoms with Crippen LogP contribution in [0.5, 0.6) is 0 Å². The van der Waals surface area contributed by atoms with Crippen molar-refractivity contribution < 1.29 is 47.9 Å². The molecule has 5 aliphatic heterocycles. The van der Waals surface area contributed by atoms with Crippen molar-refractivity contribution in [1.82, 2.24) is 9.80 Å². The van der Waals surface area contributed by atoms with Gasteiger partial charge in [0.15, 0.2) is 0 Å². The van der Waals surface area contributed by atoms with Gasteiger partial charge in [-0.3, -0.25) is 4.79 Å². The number of ether oxygens (including phenoxy) is 6. The number of likely N-dealkylation sites (tertiary alicyclic amines) is 2. The normalized spacial score (nSPS) is 17.9. The maximum absolute atomic E-state index is 12.6. The molecule has 13 heteroatoms. The highest BCUT2D eigenvalue weighted by Crippen LogP contribution is 2.44. The van der Waals surface area contributed by atoms with Crippen LogP contribution in [0.3, 0.4) is 0 Å². The molecule has 0 radical (unpaired) electrons. The van der Waals surface area contributed by atoms with E-state index in [2.05, 4.69) is 52.3 Å². The fourth-order valence-electron chi connectivity index (χ4n) is 8.29. The van der Waals surface area contributed by atoms with Crippen molar-refractivity contribution in [2.45, 2.75) is 131 Å². The van der Waals surface area contributed by atoms with Crippen LogP contribution in [0.4, 0.5) is 9.59 Å². The van der Waals surface area contributed by atoms with Crippen molar-refractivity contribution >= 4 is 34.1 Å². The van der Waals surface area contributed by atoms with Crippen LogP contribution < -0.4 is 0 Å². The number of nitrogens with zero attached hydrogens (tertiary/aromatic N) is 2. The quantitative estimate of drug-likeness (QED) is 0.195. The molecule has 5 heterocycles. The summed E-state index contributed by atoms with van der Waals surface area (Å²) in [6.07, 6.45) is 2.10. The van der Waals surface area contributed by atoms with E-state index in [0.29, 0.717) is 84.9 Å². The van der Waals surface area contributed by atoms with Crippen LogP contribution in [0, 0.1) is 11.8 Å². The predicted octanol–water partition coefficient (Wildman–Crippen LogP) is 9.31. The highest BCUT2D eigenvalue weighted by atomic mass is 79.9. The van der Waals surface area contributed by atoms with E-state index in [4.69, 9.17) is 28.4 Å². The van der Waals surface area contributed by atoms with Gasteiger partial charge in [-0.2, -0.15) is 0 Å². The second-order valence-electron chi connectivity index (χ2n) is 18.4. The molecule has 61 heavy (non-hydrogen) atoms. The number of carbonyl (C=O) groups is 3. The molecule has 332 valence electrons. The number of aliphatic hydroxyl groups is 1. The monoisotopic (exact) mass is 906 g/mol. The highest BCUT2D eigenvalue weighted by Gasteiger charge is 2.43. The van der Waals surface area contributed by atoms with Crippen LogP contribution in [-0.2, 0) is 78.5 Å². The molecule has 2 amide bonds. The molecule has 3 aromatic carbocycles. The van der Waals surface area contributed by atoms with Crippen LogP contribution in [0.25, 0.3) is 0 Å². The standard InChI is InChI=1S/C27H33NO5.C13H23NO4.C8H7BrO/c1-26(2,3)33-25(29)28-10-8-22(9-11-28)27(30,23-6-4-18-14-31-16-20(18)12-23)24-7-5-19-15-32-17-21(19)13-24;1-5-17-11(15)10-6-8-14(9-7-10)12(16)18-13(2,3)4;9-8-2-1-6-4-10-5-7(6)3-8/h4-7,12-13,22,30H,8-11,14-17H2,1-3H3;10H,5-9H2,1-4H3;1-3H,4-5H2. The Balaban J connectivity index is 0.000000184. The van der Waals surface area contributed by atoms with Gasteiger partial charge in [0.05, 0.1) is 52.2 Å². The first-order valence-corrected chi connectivity index (χ1v) is 22.3. The zero-order valence-corrected chi connectivity index (χ0v) is 38.4. The third-order valence-electron chi connectivity index (χ3n) is 11.5. The molecule has 3 aromatic rings. The average Bonchev–Trinajstić information content (AvgIpc) is 4.01. The summed E-state index contributed by atoms with van der Waals surface area (Å²) in [5.74, 6) is -0.262. The lowest BCUT2D eigenvalue weighted by Crippen LogP contribution is -2.47. The Morgan fingerprint density at radius 3 is 1.44 bits per heavy atom. The molecule has 2 saturated heterocycles. The lowest BCUT2D eigenvalue weighted by atomic mass is 9.71. The van der Waals surface area contributed by atoms with Crippen molar-refractivity contribution in [3.63, 3.8) is 0 Å². The number of rotatable bonds is 5. The van der Waals surface area contributed by atoms with Gasteiger partial charge in [0.2, 0.25) is 0 Å². The first kappa shape index (κ1) is 46.5. The molecule has 5 aliphatic rings. The van der Waals surface area contributed by atoms with Gasteiger partial charge in [-0.15, -0.1) is 0 Å². The summed E-state index contributed by atoms with van der Waals surface area (Å²) in [6.45, 7) is 19.6. The maximum atomic E-state index is 12.6. The first-order chi connectivity index (χ1) is 28.9. The molecule has 1 N–H and O–H groups in total. The summed E-state index contributed by atoms with van der Waals surface area (Å²) in [5, 5.41) is 12.4. The first-order valence-electron chi connectivity index (χ1n) is 21.5. The molecule has 2 fully saturated rings. The second-order valence-corrected chi connectivity index (χ2v) is 19.3. The van der Waals surface area contributed by atoms with Crippen LogP contribution in [0.1, 0.15) is 119 Å². The summed E-state index contributed by atoms with van der Waals surface area (Å²) in [6, 6.07) is 18.7. The third kappa shape index (κ3) is 12.1. The van der Waals surface area contributed by atoms with Crippen molar-refractivity contribution in [2.24, 2.45) is 11.8 Å². The van der Waals surface area contributed by atoms with E-state index < -0.39 is 16.8 Å². The number of fused-ring (bicyclic) bond motifs is 3. The fraction of sp³-hybridized carbons (Fsp3) is 0.562. The third-order valence-corrected chi connectivity index (χ3v) is 12.0. The Bertz CT molecular complexity index is 1950. The van der Waals surface area contributed by atoms with E-state index in [1.807, 2.05) is 59.7 Å². The van der Waals surface area contributed by atoms with Gasteiger partial charge in [0, 0.05) is 30.7 Å². The molecule has 0 spiro atoms. The minimum atomic E-state index is -1.16. The predicted molar refractivity (Wildman–Crippen MR) is 233 cm³/mol. The van der Waals surface area contributed by atoms with Crippen molar-refractivity contribution in [3.05, 3.63) is 104 Å². The van der Waals surface area contributed by atoms with Crippen LogP contribution in [-0.4, -0.2) is 77.1 Å². The molecule has 0 bridgehead atoms. The van der Waals surface area contributed by atoms with Gasteiger partial charge in [-0.25, -0.2) is 9.59 Å². The van der Waals surface area contributed by atoms with E-state index >= 15 is 0 Å². The molecular weight excluding hydrogens is 844 g/mol. The molecule has 0 aromatic heterocycles. The van der Waals surface area contributed by atoms with E-state index in [-0.39, 0.29) is 30.0 Å². The Labute approximate surface area is 369 Å². The molecule has 0 aliphatic carbocycles. The molecule has 8 rings (SSSR count). The van der Waals surface area contributed by atoms with Crippen LogP contribution in [0.15, 0.2) is 59.1 Å². The number of piperidine rings is 2. The smallest absolute Gasteiger partial charge is 0.410 e. The summed E-state index contributed by atoms with van der Waals surface area (Å²) < 4.78 is 33.5. The number of carbonyl (C=O) groups excluding carboxylic acids is 3. The number of hydrogen-bond donors (Lipinski definition) is 1. The van der Waals surface area contributed by atoms with E-state index in [9.17, 15) is 19.5 Å². The summed E-state index contributed by atoms with van der Waals surface area (Å²) in [4.78, 5) is 39.3. The van der Waals surface area contributed by atoms with Crippen LogP contribution >= 0.6 is 15.9 Å². The molecule has 0 unspecified atom stereocenters. The minimum Gasteiger partial charge on any atom is -0.466 e. The molecular formula is C48H63BrN2O10. The summed E-state index contributed by atoms with van der Waals surface area (Å²) in [5.41, 5.74) is 6.91. The van der Waals surface area contributed by atoms with E-state index in [0.717, 1.165) is 39.9 Å². The molecule has 0 saturated carbocycles. The van der Waals surface area contributed by atoms with E-state index in [1.165, 1.54) is 22.3 Å². The largest absolute Gasteiger partial charge is 0.466 e. The number of benzene rings is 3. The Kier molecular flexibility index (Phi) is 15.2. The molecule has 12 nitrogen and oxygen atoms in total. The zero-order chi connectivity index (χ0) is 44.0. The van der Waals surface area contributed by atoms with Gasteiger partial charge < -0.3 is 43.3 Å².